The zero-order chi connectivity index (χ0) is 12.6. The van der Waals surface area contributed by atoms with Crippen LogP contribution in [-0.4, -0.2) is 20.1 Å². The van der Waals surface area contributed by atoms with Crippen LogP contribution in [0.3, 0.4) is 0 Å². The zero-order valence-corrected chi connectivity index (χ0v) is 11.9. The third-order valence-corrected chi connectivity index (χ3v) is 5.39. The first kappa shape index (κ1) is 12.2. The van der Waals surface area contributed by atoms with Crippen molar-refractivity contribution >= 4 is 5.69 Å². The first-order valence-corrected chi connectivity index (χ1v) is 7.54. The minimum Gasteiger partial charge on any atom is -0.293 e. The molecule has 0 N–H and O–H groups in total. The molecule has 2 fully saturated rings. The van der Waals surface area contributed by atoms with Gasteiger partial charge in [0.05, 0.1) is 20.1 Å². The van der Waals surface area contributed by atoms with Crippen molar-refractivity contribution in [1.29, 1.82) is 0 Å². The fourth-order valence-electron chi connectivity index (χ4n) is 4.22. The first-order chi connectivity index (χ1) is 8.62. The van der Waals surface area contributed by atoms with Gasteiger partial charge in [-0.1, -0.05) is 37.0 Å². The lowest BCUT2D eigenvalue weighted by molar-refractivity contribution is 0.196. The number of rotatable bonds is 1. The predicted octanol–water partition coefficient (Wildman–Crippen LogP) is 4.29. The molecule has 0 aromatic heterocycles. The van der Waals surface area contributed by atoms with E-state index >= 15 is 0 Å². The maximum Gasteiger partial charge on any atom is 0.132 e. The van der Waals surface area contributed by atoms with Crippen LogP contribution in [0.1, 0.15) is 44.1 Å². The van der Waals surface area contributed by atoms with Crippen molar-refractivity contribution in [3.8, 4) is 0 Å². The van der Waals surface area contributed by atoms with Gasteiger partial charge in [0, 0.05) is 11.8 Å². The van der Waals surface area contributed by atoms with Gasteiger partial charge < -0.3 is 0 Å². The van der Waals surface area contributed by atoms with E-state index < -0.39 is 0 Å². The molecule has 0 amide bonds. The minimum atomic E-state index is 0.678. The van der Waals surface area contributed by atoms with Gasteiger partial charge >= 0.3 is 0 Å². The van der Waals surface area contributed by atoms with Gasteiger partial charge in [-0.3, -0.25) is 4.48 Å². The summed E-state index contributed by atoms with van der Waals surface area (Å²) in [6.07, 6.45) is 8.80. The number of quaternary nitrogens is 1. The number of hydrogen-bond acceptors (Lipinski definition) is 0. The molecule has 1 spiro atoms. The van der Waals surface area contributed by atoms with Gasteiger partial charge in [-0.25, -0.2) is 0 Å². The summed E-state index contributed by atoms with van der Waals surface area (Å²) in [7, 11) is 2.44. The molecule has 98 valence electrons. The van der Waals surface area contributed by atoms with E-state index in [1.54, 1.807) is 0 Å². The van der Waals surface area contributed by atoms with E-state index in [0.29, 0.717) is 5.41 Å². The second-order valence-electron chi connectivity index (χ2n) is 6.92. The van der Waals surface area contributed by atoms with E-state index in [4.69, 9.17) is 0 Å². The molecular formula is C17H26N+. The minimum absolute atomic E-state index is 0.678. The summed E-state index contributed by atoms with van der Waals surface area (Å²) in [5.74, 6) is 0. The Morgan fingerprint density at radius 3 is 2.28 bits per heavy atom. The van der Waals surface area contributed by atoms with Crippen molar-refractivity contribution in [1.82, 2.24) is 4.48 Å². The Kier molecular flexibility index (Phi) is 2.97. The van der Waals surface area contributed by atoms with Gasteiger partial charge in [0.15, 0.2) is 0 Å². The maximum atomic E-state index is 2.44. The number of likely N-dealkylation sites (tertiary alicyclic amines) is 1. The summed E-state index contributed by atoms with van der Waals surface area (Å²) in [5, 5.41) is 0. The Morgan fingerprint density at radius 1 is 0.944 bits per heavy atom. The largest absolute Gasteiger partial charge is 0.293 e. The Morgan fingerprint density at radius 2 is 1.61 bits per heavy atom. The SMILES string of the molecule is Cc1ccc([N+]2(C)CCC3(CCCCC3)C2)cc1. The van der Waals surface area contributed by atoms with E-state index in [-0.39, 0.29) is 0 Å². The van der Waals surface area contributed by atoms with Crippen LogP contribution in [-0.2, 0) is 0 Å². The molecule has 1 saturated carbocycles. The molecule has 18 heavy (non-hydrogen) atoms. The van der Waals surface area contributed by atoms with E-state index in [2.05, 4.69) is 38.2 Å². The summed E-state index contributed by atoms with van der Waals surface area (Å²) >= 11 is 0. The zero-order valence-electron chi connectivity index (χ0n) is 11.9. The molecule has 1 heteroatoms. The van der Waals surface area contributed by atoms with Gasteiger partial charge in [-0.2, -0.15) is 0 Å². The van der Waals surface area contributed by atoms with Gasteiger partial charge in [0.25, 0.3) is 0 Å². The molecule has 0 bridgehead atoms. The average molecular weight is 244 g/mol. The Hall–Kier alpha value is -0.820. The highest BCUT2D eigenvalue weighted by Gasteiger charge is 2.47. The van der Waals surface area contributed by atoms with Gasteiger partial charge in [-0.05, 0) is 31.9 Å². The smallest absolute Gasteiger partial charge is 0.132 e. The number of aryl methyl sites for hydroxylation is 1. The quantitative estimate of drug-likeness (QED) is 0.647. The van der Waals surface area contributed by atoms with Gasteiger partial charge in [0.1, 0.15) is 5.69 Å². The predicted molar refractivity (Wildman–Crippen MR) is 78.8 cm³/mol. The molecule has 0 radical (unpaired) electrons. The Balaban J connectivity index is 1.82. The molecule has 1 aromatic carbocycles. The Labute approximate surface area is 111 Å². The summed E-state index contributed by atoms with van der Waals surface area (Å²) in [4.78, 5) is 0. The summed E-state index contributed by atoms with van der Waals surface area (Å²) < 4.78 is 1.17. The monoisotopic (exact) mass is 244 g/mol. The highest BCUT2D eigenvalue weighted by Crippen LogP contribution is 2.47. The van der Waals surface area contributed by atoms with Crippen LogP contribution < -0.4 is 4.48 Å². The summed E-state index contributed by atoms with van der Waals surface area (Å²) in [6.45, 7) is 4.88. The molecule has 1 unspecified atom stereocenters. The molecule has 1 heterocycles. The Bertz CT molecular complexity index is 414. The van der Waals surface area contributed by atoms with Crippen molar-refractivity contribution in [3.63, 3.8) is 0 Å². The standard InChI is InChI=1S/C17H26N/c1-15-6-8-16(9-7-15)18(2)13-12-17(14-18)10-4-3-5-11-17/h6-9H,3-5,10-14H2,1-2H3/q+1. The molecule has 1 atom stereocenters. The second-order valence-corrected chi connectivity index (χ2v) is 6.92. The molecule has 1 saturated heterocycles. The van der Waals surface area contributed by atoms with E-state index in [0.717, 1.165) is 0 Å². The summed E-state index contributed by atoms with van der Waals surface area (Å²) in [5.41, 5.74) is 3.57. The van der Waals surface area contributed by atoms with Gasteiger partial charge in [0.2, 0.25) is 0 Å². The fraction of sp³-hybridized carbons (Fsp3) is 0.647. The van der Waals surface area contributed by atoms with Crippen LogP contribution in [0.4, 0.5) is 5.69 Å². The molecular weight excluding hydrogens is 218 g/mol. The molecule has 3 rings (SSSR count). The van der Waals surface area contributed by atoms with Crippen molar-refractivity contribution in [2.75, 3.05) is 20.1 Å². The van der Waals surface area contributed by atoms with Crippen LogP contribution in [0, 0.1) is 12.3 Å². The maximum absolute atomic E-state index is 2.44. The van der Waals surface area contributed by atoms with Gasteiger partial charge in [-0.15, -0.1) is 0 Å². The number of benzene rings is 1. The van der Waals surface area contributed by atoms with Crippen molar-refractivity contribution < 1.29 is 0 Å². The molecule has 2 aliphatic rings. The lowest BCUT2D eigenvalue weighted by Crippen LogP contribution is -2.44. The van der Waals surface area contributed by atoms with Crippen LogP contribution in [0.25, 0.3) is 0 Å². The van der Waals surface area contributed by atoms with Crippen LogP contribution in [0.5, 0.6) is 0 Å². The van der Waals surface area contributed by atoms with Crippen LogP contribution in [0.15, 0.2) is 24.3 Å². The topological polar surface area (TPSA) is 0 Å². The molecule has 1 nitrogen and oxygen atoms in total. The third kappa shape index (κ3) is 2.09. The number of hydrogen-bond donors (Lipinski definition) is 0. The van der Waals surface area contributed by atoms with E-state index in [9.17, 15) is 0 Å². The normalized spacial score (nSPS) is 30.8. The van der Waals surface area contributed by atoms with E-state index in [1.165, 1.54) is 67.3 Å². The first-order valence-electron chi connectivity index (χ1n) is 7.54. The fourth-order valence-corrected chi connectivity index (χ4v) is 4.22. The second kappa shape index (κ2) is 4.38. The number of nitrogens with zero attached hydrogens (tertiary/aromatic N) is 1. The van der Waals surface area contributed by atoms with Crippen molar-refractivity contribution in [3.05, 3.63) is 29.8 Å². The average Bonchev–Trinajstić information content (AvgIpc) is 2.70. The van der Waals surface area contributed by atoms with Crippen LogP contribution >= 0.6 is 0 Å². The summed E-state index contributed by atoms with van der Waals surface area (Å²) in [6, 6.07) is 9.23. The van der Waals surface area contributed by atoms with Crippen molar-refractivity contribution in [2.45, 2.75) is 45.4 Å². The highest BCUT2D eigenvalue weighted by atomic mass is 15.4. The van der Waals surface area contributed by atoms with Crippen molar-refractivity contribution in [2.24, 2.45) is 5.41 Å². The molecule has 1 aliphatic carbocycles. The third-order valence-electron chi connectivity index (χ3n) is 5.39. The lowest BCUT2D eigenvalue weighted by Gasteiger charge is -2.35. The lowest BCUT2D eigenvalue weighted by atomic mass is 9.73. The molecule has 1 aromatic rings. The molecule has 1 aliphatic heterocycles. The highest BCUT2D eigenvalue weighted by molar-refractivity contribution is 5.45. The van der Waals surface area contributed by atoms with Crippen LogP contribution in [0.2, 0.25) is 0 Å². The van der Waals surface area contributed by atoms with E-state index in [1.807, 2.05) is 0 Å².